The lowest BCUT2D eigenvalue weighted by Crippen LogP contribution is -2.41. The van der Waals surface area contributed by atoms with Crippen molar-refractivity contribution in [3.8, 4) is 6.07 Å². The molecule has 1 unspecified atom stereocenters. The molecule has 1 aromatic rings. The van der Waals surface area contributed by atoms with Gasteiger partial charge in [0.15, 0.2) is 0 Å². The minimum Gasteiger partial charge on any atom is -0.466 e. The lowest BCUT2D eigenvalue weighted by Gasteiger charge is -2.35. The van der Waals surface area contributed by atoms with E-state index < -0.39 is 0 Å². The number of rotatable bonds is 8. The van der Waals surface area contributed by atoms with E-state index in [0.717, 1.165) is 12.8 Å². The molecule has 0 saturated carbocycles. The number of hydrogen-bond acceptors (Lipinski definition) is 9. The fourth-order valence-electron chi connectivity index (χ4n) is 5.28. The molecule has 4 heterocycles. The predicted octanol–water partition coefficient (Wildman–Crippen LogP) is 3.60. The summed E-state index contributed by atoms with van der Waals surface area (Å²) in [5.74, 6) is 0.118. The van der Waals surface area contributed by atoms with Crippen molar-refractivity contribution in [2.24, 2.45) is 5.92 Å². The zero-order chi connectivity index (χ0) is 27.4. The molecule has 204 valence electrons. The van der Waals surface area contributed by atoms with Crippen LogP contribution in [-0.2, 0) is 25.6 Å². The Bertz CT molecular complexity index is 1240. The van der Waals surface area contributed by atoms with E-state index in [2.05, 4.69) is 11.0 Å². The van der Waals surface area contributed by atoms with Crippen molar-refractivity contribution in [2.45, 2.75) is 65.5 Å². The lowest BCUT2D eigenvalue weighted by molar-refractivity contribution is -0.148. The Hall–Kier alpha value is -2.68. The highest BCUT2D eigenvalue weighted by Gasteiger charge is 2.36. The standard InChI is InChI=1S/C27H34N4O5S2/c1-4-10-30-23(29-11-8-18(9-12-29)26(34)35-5-2)20(17(3)21(15-28)24(30)32)14-22-25(33)31(27(37)38-22)16-19-7-6-13-36-19/h14,18-19H,4-13,16H2,1-3H3/b22-14-. The van der Waals surface area contributed by atoms with Gasteiger partial charge in [0.1, 0.15) is 21.8 Å². The number of aromatic nitrogens is 1. The van der Waals surface area contributed by atoms with Crippen LogP contribution in [0.5, 0.6) is 0 Å². The molecule has 0 N–H and O–H groups in total. The first-order chi connectivity index (χ1) is 18.3. The van der Waals surface area contributed by atoms with Crippen LogP contribution in [0, 0.1) is 24.2 Å². The third kappa shape index (κ3) is 5.67. The second-order valence-electron chi connectivity index (χ2n) is 9.75. The van der Waals surface area contributed by atoms with Gasteiger partial charge in [0.2, 0.25) is 0 Å². The van der Waals surface area contributed by atoms with Gasteiger partial charge in [0, 0.05) is 31.8 Å². The number of nitrogens with zero attached hydrogens (tertiary/aromatic N) is 4. The van der Waals surface area contributed by atoms with Gasteiger partial charge >= 0.3 is 5.97 Å². The number of anilines is 1. The molecule has 11 heteroatoms. The molecule has 1 atom stereocenters. The number of piperidine rings is 1. The maximum atomic E-state index is 13.4. The van der Waals surface area contributed by atoms with E-state index in [1.165, 1.54) is 11.8 Å². The summed E-state index contributed by atoms with van der Waals surface area (Å²) in [7, 11) is 0. The van der Waals surface area contributed by atoms with Gasteiger partial charge in [-0.2, -0.15) is 5.26 Å². The third-order valence-electron chi connectivity index (χ3n) is 7.27. The fraction of sp³-hybridized carbons (Fsp3) is 0.593. The molecule has 9 nitrogen and oxygen atoms in total. The van der Waals surface area contributed by atoms with Gasteiger partial charge in [-0.15, -0.1) is 0 Å². The van der Waals surface area contributed by atoms with Crippen molar-refractivity contribution < 1.29 is 19.1 Å². The topological polar surface area (TPSA) is 105 Å². The molecule has 4 rings (SSSR count). The first kappa shape index (κ1) is 28.3. The highest BCUT2D eigenvalue weighted by molar-refractivity contribution is 8.26. The Morgan fingerprint density at radius 1 is 1.26 bits per heavy atom. The van der Waals surface area contributed by atoms with Gasteiger partial charge in [-0.1, -0.05) is 30.9 Å². The Morgan fingerprint density at radius 3 is 2.61 bits per heavy atom. The average Bonchev–Trinajstić information content (AvgIpc) is 3.51. The van der Waals surface area contributed by atoms with Crippen LogP contribution in [0.1, 0.15) is 62.6 Å². The van der Waals surface area contributed by atoms with Gasteiger partial charge in [-0.3, -0.25) is 23.9 Å². The van der Waals surface area contributed by atoms with Gasteiger partial charge in [-0.25, -0.2) is 0 Å². The number of ether oxygens (including phenoxy) is 2. The SMILES string of the molecule is CCCn1c(N2CCC(C(=O)OCC)CC2)c(/C=C2\SC(=S)N(CC3CCCO3)C2=O)c(C)c(C#N)c1=O. The molecule has 0 spiro atoms. The molecule has 3 aliphatic rings. The smallest absolute Gasteiger partial charge is 0.309 e. The fourth-order valence-corrected chi connectivity index (χ4v) is 6.54. The number of carbonyl (C=O) groups excluding carboxylic acids is 2. The molecule has 1 aromatic heterocycles. The zero-order valence-electron chi connectivity index (χ0n) is 22.2. The number of hydrogen-bond donors (Lipinski definition) is 0. The first-order valence-electron chi connectivity index (χ1n) is 13.3. The van der Waals surface area contributed by atoms with E-state index in [1.807, 2.05) is 6.92 Å². The molecule has 0 aromatic carbocycles. The van der Waals surface area contributed by atoms with Gasteiger partial charge in [0.25, 0.3) is 11.5 Å². The molecule has 38 heavy (non-hydrogen) atoms. The summed E-state index contributed by atoms with van der Waals surface area (Å²) < 4.78 is 13.1. The number of thioether (sulfide) groups is 1. The van der Waals surface area contributed by atoms with Crippen molar-refractivity contribution >= 4 is 52.1 Å². The maximum absolute atomic E-state index is 13.4. The van der Waals surface area contributed by atoms with Crippen molar-refractivity contribution in [1.82, 2.24) is 9.47 Å². The highest BCUT2D eigenvalue weighted by atomic mass is 32.2. The number of carbonyl (C=O) groups is 2. The molecule has 3 saturated heterocycles. The summed E-state index contributed by atoms with van der Waals surface area (Å²) in [5, 5.41) is 9.86. The molecule has 3 fully saturated rings. The summed E-state index contributed by atoms with van der Waals surface area (Å²) >= 11 is 6.78. The Balaban J connectivity index is 1.74. The van der Waals surface area contributed by atoms with Crippen LogP contribution in [-0.4, -0.2) is 64.6 Å². The molecule has 1 amide bonds. The molecular weight excluding hydrogens is 524 g/mol. The van der Waals surface area contributed by atoms with E-state index in [9.17, 15) is 19.6 Å². The summed E-state index contributed by atoms with van der Waals surface area (Å²) in [6, 6.07) is 2.08. The normalized spacial score (nSPS) is 21.4. The Kier molecular flexibility index (Phi) is 9.28. The summed E-state index contributed by atoms with van der Waals surface area (Å²) in [6.45, 7) is 8.54. The van der Waals surface area contributed by atoms with Crippen molar-refractivity contribution in [3.63, 3.8) is 0 Å². The summed E-state index contributed by atoms with van der Waals surface area (Å²) in [4.78, 5) is 43.3. The van der Waals surface area contributed by atoms with Gasteiger partial charge in [0.05, 0.1) is 30.1 Å². The van der Waals surface area contributed by atoms with E-state index in [-0.39, 0.29) is 35.0 Å². The molecule has 0 radical (unpaired) electrons. The van der Waals surface area contributed by atoms with E-state index >= 15 is 0 Å². The quantitative estimate of drug-likeness (QED) is 0.269. The van der Waals surface area contributed by atoms with Crippen LogP contribution in [0.4, 0.5) is 5.82 Å². The second-order valence-corrected chi connectivity index (χ2v) is 11.4. The van der Waals surface area contributed by atoms with Crippen molar-refractivity contribution in [1.29, 1.82) is 5.26 Å². The summed E-state index contributed by atoms with van der Waals surface area (Å²) in [6.07, 6.45) is 5.52. The first-order valence-corrected chi connectivity index (χ1v) is 14.5. The number of amides is 1. The highest BCUT2D eigenvalue weighted by Crippen LogP contribution is 2.37. The van der Waals surface area contributed by atoms with Crippen LogP contribution in [0.3, 0.4) is 0 Å². The third-order valence-corrected chi connectivity index (χ3v) is 8.65. The zero-order valence-corrected chi connectivity index (χ0v) is 23.8. The van der Waals surface area contributed by atoms with E-state index in [0.29, 0.717) is 84.8 Å². The van der Waals surface area contributed by atoms with Crippen LogP contribution < -0.4 is 10.5 Å². The van der Waals surface area contributed by atoms with Crippen molar-refractivity contribution in [2.75, 3.05) is 37.7 Å². The van der Waals surface area contributed by atoms with Crippen LogP contribution in [0.2, 0.25) is 0 Å². The molecule has 3 aliphatic heterocycles. The molecule has 0 bridgehead atoms. The number of thiocarbonyl (C=S) groups is 1. The minimum atomic E-state index is -0.336. The van der Waals surface area contributed by atoms with Crippen LogP contribution >= 0.6 is 24.0 Å². The van der Waals surface area contributed by atoms with Crippen LogP contribution in [0.25, 0.3) is 6.08 Å². The average molecular weight is 559 g/mol. The Labute approximate surface area is 232 Å². The second kappa shape index (κ2) is 12.5. The largest absolute Gasteiger partial charge is 0.466 e. The van der Waals surface area contributed by atoms with E-state index in [4.69, 9.17) is 21.7 Å². The lowest BCUT2D eigenvalue weighted by atomic mass is 9.95. The predicted molar refractivity (Wildman–Crippen MR) is 151 cm³/mol. The molecular formula is C27H34N4O5S2. The number of pyridine rings is 1. The molecule has 0 aliphatic carbocycles. The number of esters is 1. The maximum Gasteiger partial charge on any atom is 0.309 e. The monoisotopic (exact) mass is 558 g/mol. The van der Waals surface area contributed by atoms with E-state index in [1.54, 1.807) is 29.4 Å². The van der Waals surface area contributed by atoms with Gasteiger partial charge < -0.3 is 14.4 Å². The van der Waals surface area contributed by atoms with Gasteiger partial charge in [-0.05, 0) is 57.6 Å². The van der Waals surface area contributed by atoms with Crippen molar-refractivity contribution in [3.05, 3.63) is 31.9 Å². The van der Waals surface area contributed by atoms with Crippen LogP contribution in [0.15, 0.2) is 9.70 Å². The number of nitriles is 1. The minimum absolute atomic E-state index is 0.0218. The Morgan fingerprint density at radius 2 is 2.00 bits per heavy atom. The summed E-state index contributed by atoms with van der Waals surface area (Å²) in [5.41, 5.74) is 0.945.